The molecule has 0 aromatic heterocycles. The Morgan fingerprint density at radius 3 is 2.50 bits per heavy atom. The molecule has 0 aliphatic rings. The molecule has 2 aromatic carbocycles. The van der Waals surface area contributed by atoms with E-state index in [1.807, 2.05) is 50.2 Å². The van der Waals surface area contributed by atoms with Gasteiger partial charge in [0.2, 0.25) is 0 Å². The van der Waals surface area contributed by atoms with Gasteiger partial charge in [0.15, 0.2) is 6.61 Å². The summed E-state index contributed by atoms with van der Waals surface area (Å²) in [5.41, 5.74) is 2.57. The van der Waals surface area contributed by atoms with Gasteiger partial charge in [-0.15, -0.1) is 0 Å². The zero-order chi connectivity index (χ0) is 18.9. The number of nitrogens with zero attached hydrogens (tertiary/aromatic N) is 1. The van der Waals surface area contributed by atoms with Crippen LogP contribution in [0.4, 0.5) is 5.69 Å². The van der Waals surface area contributed by atoms with Gasteiger partial charge in [-0.3, -0.25) is 4.79 Å². The van der Waals surface area contributed by atoms with E-state index in [1.54, 1.807) is 18.2 Å². The Kier molecular flexibility index (Phi) is 7.21. The lowest BCUT2D eigenvalue weighted by Gasteiger charge is -2.15. The maximum atomic E-state index is 12.1. The summed E-state index contributed by atoms with van der Waals surface area (Å²) in [6, 6.07) is 17.2. The van der Waals surface area contributed by atoms with E-state index in [4.69, 9.17) is 4.74 Å². The smallest absolute Gasteiger partial charge is 0.338 e. The van der Waals surface area contributed by atoms with Crippen molar-refractivity contribution in [2.75, 3.05) is 25.6 Å². The summed E-state index contributed by atoms with van der Waals surface area (Å²) in [5, 5.41) is 2.86. The van der Waals surface area contributed by atoms with E-state index >= 15 is 0 Å². The van der Waals surface area contributed by atoms with Gasteiger partial charge in [-0.05, 0) is 43.5 Å². The molecule has 2 aromatic rings. The molecule has 0 unspecified atom stereocenters. The molecule has 26 heavy (non-hydrogen) atoms. The van der Waals surface area contributed by atoms with E-state index in [1.165, 1.54) is 5.56 Å². The van der Waals surface area contributed by atoms with Gasteiger partial charge < -0.3 is 15.0 Å². The molecule has 1 amide bonds. The number of aryl methyl sites for hydroxylation is 1. The molecule has 0 aliphatic carbocycles. The molecule has 5 nitrogen and oxygen atoms in total. The minimum atomic E-state index is -0.499. The number of amides is 1. The number of carbonyl (C=O) groups is 2. The van der Waals surface area contributed by atoms with Crippen LogP contribution in [0, 0.1) is 0 Å². The molecule has 0 radical (unpaired) electrons. The molecule has 138 valence electrons. The molecular formula is C21H26N2O3. The third kappa shape index (κ3) is 6.24. The standard InChI is InChI=1S/C21H26N2O3/c1-16(12-13-17-8-5-4-6-9-17)22-20(24)15-26-21(25)18-10-7-11-19(14-18)23(2)3/h4-11,14,16H,12-13,15H2,1-3H3,(H,22,24)/t16-/m0/s1. The molecule has 0 spiro atoms. The molecular weight excluding hydrogens is 328 g/mol. The van der Waals surface area contributed by atoms with E-state index in [2.05, 4.69) is 17.4 Å². The summed E-state index contributed by atoms with van der Waals surface area (Å²) in [4.78, 5) is 26.0. The van der Waals surface area contributed by atoms with Crippen LogP contribution < -0.4 is 10.2 Å². The highest BCUT2D eigenvalue weighted by Crippen LogP contribution is 2.14. The van der Waals surface area contributed by atoms with Crippen LogP contribution in [0.1, 0.15) is 29.3 Å². The van der Waals surface area contributed by atoms with Crippen molar-refractivity contribution in [3.8, 4) is 0 Å². The van der Waals surface area contributed by atoms with Crippen LogP contribution in [0.15, 0.2) is 54.6 Å². The number of carbonyl (C=O) groups excluding carboxylic acids is 2. The fraction of sp³-hybridized carbons (Fsp3) is 0.333. The zero-order valence-corrected chi connectivity index (χ0v) is 15.6. The van der Waals surface area contributed by atoms with Gasteiger partial charge in [-0.2, -0.15) is 0 Å². The van der Waals surface area contributed by atoms with Gasteiger partial charge in [0.05, 0.1) is 5.56 Å². The van der Waals surface area contributed by atoms with Crippen LogP contribution in [0.3, 0.4) is 0 Å². The van der Waals surface area contributed by atoms with Gasteiger partial charge in [-0.1, -0.05) is 36.4 Å². The van der Waals surface area contributed by atoms with Crippen molar-refractivity contribution in [2.24, 2.45) is 0 Å². The monoisotopic (exact) mass is 354 g/mol. The Morgan fingerprint density at radius 1 is 1.08 bits per heavy atom. The van der Waals surface area contributed by atoms with E-state index in [0.717, 1.165) is 18.5 Å². The molecule has 1 atom stereocenters. The van der Waals surface area contributed by atoms with E-state index < -0.39 is 5.97 Å². The minimum absolute atomic E-state index is 0.0125. The fourth-order valence-electron chi connectivity index (χ4n) is 2.54. The first kappa shape index (κ1) is 19.5. The number of ether oxygens (including phenoxy) is 1. The van der Waals surface area contributed by atoms with Crippen LogP contribution in [-0.4, -0.2) is 38.6 Å². The summed E-state index contributed by atoms with van der Waals surface area (Å²) < 4.78 is 5.12. The summed E-state index contributed by atoms with van der Waals surface area (Å²) in [6.45, 7) is 1.67. The van der Waals surface area contributed by atoms with Crippen LogP contribution >= 0.6 is 0 Å². The quantitative estimate of drug-likeness (QED) is 0.740. The Balaban J connectivity index is 1.75. The second-order valence-electron chi connectivity index (χ2n) is 6.51. The number of hydrogen-bond acceptors (Lipinski definition) is 4. The lowest BCUT2D eigenvalue weighted by Crippen LogP contribution is -2.36. The van der Waals surface area contributed by atoms with Crippen molar-refractivity contribution in [1.82, 2.24) is 5.32 Å². The highest BCUT2D eigenvalue weighted by Gasteiger charge is 2.13. The maximum Gasteiger partial charge on any atom is 0.338 e. The third-order valence-electron chi connectivity index (χ3n) is 4.05. The lowest BCUT2D eigenvalue weighted by atomic mass is 10.1. The van der Waals surface area contributed by atoms with Gasteiger partial charge in [0, 0.05) is 25.8 Å². The second-order valence-corrected chi connectivity index (χ2v) is 6.51. The van der Waals surface area contributed by atoms with Gasteiger partial charge >= 0.3 is 5.97 Å². The molecule has 0 heterocycles. The zero-order valence-electron chi connectivity index (χ0n) is 15.6. The largest absolute Gasteiger partial charge is 0.452 e. The van der Waals surface area contributed by atoms with Gasteiger partial charge in [-0.25, -0.2) is 4.79 Å². The minimum Gasteiger partial charge on any atom is -0.452 e. The van der Waals surface area contributed by atoms with Crippen LogP contribution in [0.5, 0.6) is 0 Å². The van der Waals surface area contributed by atoms with E-state index in [9.17, 15) is 9.59 Å². The summed E-state index contributed by atoms with van der Waals surface area (Å²) in [7, 11) is 3.80. The van der Waals surface area contributed by atoms with Crippen molar-refractivity contribution < 1.29 is 14.3 Å². The average molecular weight is 354 g/mol. The molecule has 0 aliphatic heterocycles. The number of anilines is 1. The number of benzene rings is 2. The Hall–Kier alpha value is -2.82. The number of esters is 1. The second kappa shape index (κ2) is 9.61. The Labute approximate surface area is 155 Å². The first-order valence-corrected chi connectivity index (χ1v) is 8.73. The first-order valence-electron chi connectivity index (χ1n) is 8.73. The average Bonchev–Trinajstić information content (AvgIpc) is 2.65. The molecule has 0 fully saturated rings. The van der Waals surface area contributed by atoms with E-state index in [-0.39, 0.29) is 18.6 Å². The highest BCUT2D eigenvalue weighted by molar-refractivity contribution is 5.92. The maximum absolute atomic E-state index is 12.1. The Morgan fingerprint density at radius 2 is 1.81 bits per heavy atom. The first-order chi connectivity index (χ1) is 12.5. The normalized spacial score (nSPS) is 11.5. The Bertz CT molecular complexity index is 729. The molecule has 0 saturated carbocycles. The molecule has 0 bridgehead atoms. The van der Waals surface area contributed by atoms with Crippen molar-refractivity contribution in [3.63, 3.8) is 0 Å². The number of hydrogen-bond donors (Lipinski definition) is 1. The van der Waals surface area contributed by atoms with Crippen LogP contribution in [0.25, 0.3) is 0 Å². The van der Waals surface area contributed by atoms with Crippen molar-refractivity contribution in [1.29, 1.82) is 0 Å². The summed E-state index contributed by atoms with van der Waals surface area (Å²) in [5.74, 6) is -0.788. The summed E-state index contributed by atoms with van der Waals surface area (Å²) in [6.07, 6.45) is 1.72. The van der Waals surface area contributed by atoms with Crippen LogP contribution in [-0.2, 0) is 16.0 Å². The highest BCUT2D eigenvalue weighted by atomic mass is 16.5. The fourth-order valence-corrected chi connectivity index (χ4v) is 2.54. The van der Waals surface area contributed by atoms with Gasteiger partial charge in [0.25, 0.3) is 5.91 Å². The van der Waals surface area contributed by atoms with Crippen molar-refractivity contribution in [3.05, 3.63) is 65.7 Å². The number of rotatable bonds is 8. The molecule has 1 N–H and O–H groups in total. The predicted molar refractivity (Wildman–Crippen MR) is 103 cm³/mol. The van der Waals surface area contributed by atoms with Gasteiger partial charge in [0.1, 0.15) is 0 Å². The molecule has 2 rings (SSSR count). The SMILES string of the molecule is C[C@@H](CCc1ccccc1)NC(=O)COC(=O)c1cccc(N(C)C)c1. The topological polar surface area (TPSA) is 58.6 Å². The predicted octanol–water partition coefficient (Wildman–Crippen LogP) is 3.05. The molecule has 5 heteroatoms. The lowest BCUT2D eigenvalue weighted by molar-refractivity contribution is -0.124. The molecule has 0 saturated heterocycles. The van der Waals surface area contributed by atoms with Crippen molar-refractivity contribution >= 4 is 17.6 Å². The van der Waals surface area contributed by atoms with Crippen molar-refractivity contribution in [2.45, 2.75) is 25.8 Å². The summed E-state index contributed by atoms with van der Waals surface area (Å²) >= 11 is 0. The third-order valence-corrected chi connectivity index (χ3v) is 4.05. The van der Waals surface area contributed by atoms with Crippen LogP contribution in [0.2, 0.25) is 0 Å². The number of nitrogens with one attached hydrogen (secondary N) is 1. The van der Waals surface area contributed by atoms with E-state index in [0.29, 0.717) is 5.56 Å².